The Morgan fingerprint density at radius 1 is 1.11 bits per heavy atom. The molecule has 1 atom stereocenters. The number of H-pyrrole nitrogens is 1. The molecule has 138 valence electrons. The number of amides is 2. The van der Waals surface area contributed by atoms with Gasteiger partial charge >= 0.3 is 0 Å². The van der Waals surface area contributed by atoms with E-state index in [1.54, 1.807) is 24.3 Å². The highest BCUT2D eigenvalue weighted by Gasteiger charge is 2.42. The summed E-state index contributed by atoms with van der Waals surface area (Å²) in [6, 6.07) is 12.1. The Hall–Kier alpha value is -2.34. The number of rotatable bonds is 5. The molecular formula is C20H18Cl2N3O2+. The van der Waals surface area contributed by atoms with E-state index < -0.39 is 6.04 Å². The van der Waals surface area contributed by atoms with E-state index in [4.69, 9.17) is 23.2 Å². The van der Waals surface area contributed by atoms with Gasteiger partial charge in [0, 0.05) is 33.6 Å². The van der Waals surface area contributed by atoms with Crippen LogP contribution in [0.15, 0.2) is 48.7 Å². The van der Waals surface area contributed by atoms with Gasteiger partial charge in [-0.25, -0.2) is 4.90 Å². The number of nitrogens with two attached hydrogens (primary N) is 1. The number of anilines is 1. The topological polar surface area (TPSA) is 69.8 Å². The number of hydrogen-bond donors (Lipinski definition) is 2. The third kappa shape index (κ3) is 3.58. The van der Waals surface area contributed by atoms with Gasteiger partial charge in [0.25, 0.3) is 5.91 Å². The van der Waals surface area contributed by atoms with Crippen LogP contribution in [0.4, 0.5) is 5.69 Å². The lowest BCUT2D eigenvalue weighted by molar-refractivity contribution is -0.674. The highest BCUT2D eigenvalue weighted by atomic mass is 35.5. The first kappa shape index (κ1) is 18.0. The van der Waals surface area contributed by atoms with Crippen molar-refractivity contribution in [1.82, 2.24) is 4.98 Å². The molecule has 1 saturated heterocycles. The van der Waals surface area contributed by atoms with Crippen molar-refractivity contribution in [3.8, 4) is 0 Å². The number of aromatic amines is 1. The molecule has 27 heavy (non-hydrogen) atoms. The highest BCUT2D eigenvalue weighted by molar-refractivity contribution is 6.31. The van der Waals surface area contributed by atoms with Crippen molar-refractivity contribution in [1.29, 1.82) is 0 Å². The van der Waals surface area contributed by atoms with E-state index in [1.165, 1.54) is 4.90 Å². The minimum Gasteiger partial charge on any atom is -0.361 e. The van der Waals surface area contributed by atoms with E-state index in [-0.39, 0.29) is 18.2 Å². The van der Waals surface area contributed by atoms with E-state index in [2.05, 4.69) is 4.98 Å². The van der Waals surface area contributed by atoms with Gasteiger partial charge in [0.2, 0.25) is 5.91 Å². The van der Waals surface area contributed by atoms with Crippen LogP contribution in [0.2, 0.25) is 10.0 Å². The zero-order valence-corrected chi connectivity index (χ0v) is 15.9. The number of benzene rings is 2. The maximum Gasteiger partial charge on any atom is 0.292 e. The van der Waals surface area contributed by atoms with E-state index >= 15 is 0 Å². The van der Waals surface area contributed by atoms with Gasteiger partial charge < -0.3 is 10.3 Å². The molecule has 0 unspecified atom stereocenters. The van der Waals surface area contributed by atoms with Crippen molar-refractivity contribution < 1.29 is 14.9 Å². The number of carbonyl (C=O) groups excluding carboxylic acids is 2. The van der Waals surface area contributed by atoms with Gasteiger partial charge in [0.15, 0.2) is 6.04 Å². The number of halogens is 2. The molecule has 1 aromatic heterocycles. The largest absolute Gasteiger partial charge is 0.361 e. The Kier molecular flexibility index (Phi) is 4.91. The predicted molar refractivity (Wildman–Crippen MR) is 106 cm³/mol. The molecule has 2 heterocycles. The van der Waals surface area contributed by atoms with Crippen LogP contribution in [0, 0.1) is 0 Å². The Morgan fingerprint density at radius 3 is 2.74 bits per heavy atom. The molecular weight excluding hydrogens is 385 g/mol. The lowest BCUT2D eigenvalue weighted by atomic mass is 10.1. The van der Waals surface area contributed by atoms with Crippen molar-refractivity contribution in [3.05, 3.63) is 64.3 Å². The number of hydrogen-bond acceptors (Lipinski definition) is 2. The van der Waals surface area contributed by atoms with Gasteiger partial charge in [-0.2, -0.15) is 0 Å². The van der Waals surface area contributed by atoms with Crippen LogP contribution in [0.5, 0.6) is 0 Å². The van der Waals surface area contributed by atoms with Gasteiger partial charge in [-0.15, -0.1) is 0 Å². The molecule has 2 aromatic carbocycles. The van der Waals surface area contributed by atoms with Crippen LogP contribution in [0.25, 0.3) is 10.9 Å². The van der Waals surface area contributed by atoms with E-state index in [0.29, 0.717) is 22.3 Å². The van der Waals surface area contributed by atoms with Crippen molar-refractivity contribution in [2.75, 3.05) is 11.4 Å². The highest BCUT2D eigenvalue weighted by Crippen LogP contribution is 2.25. The molecule has 0 spiro atoms. The summed E-state index contributed by atoms with van der Waals surface area (Å²) in [6.45, 7) is 0.701. The van der Waals surface area contributed by atoms with Crippen molar-refractivity contribution in [2.45, 2.75) is 18.9 Å². The second kappa shape index (κ2) is 7.35. The Labute approximate surface area is 166 Å². The number of nitrogens with one attached hydrogen (secondary N) is 1. The molecule has 3 N–H and O–H groups in total. The lowest BCUT2D eigenvalue weighted by Gasteiger charge is -2.14. The van der Waals surface area contributed by atoms with Crippen molar-refractivity contribution >= 4 is 51.6 Å². The van der Waals surface area contributed by atoms with E-state index in [1.807, 2.05) is 29.7 Å². The van der Waals surface area contributed by atoms with E-state index in [9.17, 15) is 9.59 Å². The average Bonchev–Trinajstić information content (AvgIpc) is 3.15. The molecule has 4 rings (SSSR count). The molecule has 0 bridgehead atoms. The average molecular weight is 403 g/mol. The molecule has 0 aliphatic carbocycles. The number of carbonyl (C=O) groups is 2. The number of aromatic nitrogens is 1. The zero-order chi connectivity index (χ0) is 19.0. The summed E-state index contributed by atoms with van der Waals surface area (Å²) >= 11 is 12.1. The zero-order valence-electron chi connectivity index (χ0n) is 14.4. The van der Waals surface area contributed by atoms with Crippen LogP contribution in [0.1, 0.15) is 12.0 Å². The maximum absolute atomic E-state index is 12.7. The van der Waals surface area contributed by atoms with Crippen molar-refractivity contribution in [2.24, 2.45) is 0 Å². The predicted octanol–water partition coefficient (Wildman–Crippen LogP) is 2.91. The molecule has 3 aromatic rings. The second-order valence-electron chi connectivity index (χ2n) is 6.64. The first-order chi connectivity index (χ1) is 13.0. The third-order valence-corrected chi connectivity index (χ3v) is 5.31. The third-order valence-electron chi connectivity index (χ3n) is 4.84. The lowest BCUT2D eigenvalue weighted by Crippen LogP contribution is -2.92. The summed E-state index contributed by atoms with van der Waals surface area (Å²) in [5.41, 5.74) is 2.71. The Balaban J connectivity index is 1.42. The van der Waals surface area contributed by atoms with E-state index in [0.717, 1.165) is 22.9 Å². The van der Waals surface area contributed by atoms with Crippen LogP contribution in [-0.4, -0.2) is 29.4 Å². The molecule has 2 amide bonds. The summed E-state index contributed by atoms with van der Waals surface area (Å²) in [5.74, 6) is -0.383. The number of fused-ring (bicyclic) bond motifs is 1. The van der Waals surface area contributed by atoms with Gasteiger partial charge in [-0.05, 0) is 42.0 Å². The molecule has 7 heteroatoms. The quantitative estimate of drug-likeness (QED) is 0.644. The molecule has 1 aliphatic rings. The molecule has 0 radical (unpaired) electrons. The van der Waals surface area contributed by atoms with Crippen LogP contribution in [0.3, 0.4) is 0 Å². The first-order valence-corrected chi connectivity index (χ1v) is 9.50. The molecule has 1 aliphatic heterocycles. The summed E-state index contributed by atoms with van der Waals surface area (Å²) in [6.07, 6.45) is 2.94. The standard InChI is InChI=1S/C20H17Cl2N3O2/c21-13-2-1-3-15(8-13)25-19(26)10-18(20(25)27)23-7-6-12-11-24-17-5-4-14(22)9-16(12)17/h1-5,8-9,11,18,23-24H,6-7,10H2/p+1/t18-/m1/s1. The second-order valence-corrected chi connectivity index (χ2v) is 7.51. The number of imide groups is 1. The monoisotopic (exact) mass is 402 g/mol. The Bertz CT molecular complexity index is 1030. The minimum atomic E-state index is -0.398. The van der Waals surface area contributed by atoms with Crippen LogP contribution < -0.4 is 10.2 Å². The summed E-state index contributed by atoms with van der Waals surface area (Å²) in [7, 11) is 0. The fraction of sp³-hybridized carbons (Fsp3) is 0.200. The van der Waals surface area contributed by atoms with Gasteiger partial charge in [0.05, 0.1) is 18.7 Å². The summed E-state index contributed by atoms with van der Waals surface area (Å²) in [5, 5.41) is 4.22. The maximum atomic E-state index is 12.7. The number of quaternary nitrogens is 1. The molecule has 1 fully saturated rings. The SMILES string of the molecule is O=C1C[C@@H]([NH2+]CCc2c[nH]c3ccc(Cl)cc23)C(=O)N1c1cccc(Cl)c1. The molecule has 0 saturated carbocycles. The van der Waals surface area contributed by atoms with Crippen LogP contribution >= 0.6 is 23.2 Å². The Morgan fingerprint density at radius 2 is 1.93 bits per heavy atom. The van der Waals surface area contributed by atoms with Gasteiger partial charge in [-0.3, -0.25) is 9.59 Å². The minimum absolute atomic E-state index is 0.191. The fourth-order valence-corrected chi connectivity index (χ4v) is 3.88. The number of nitrogens with zero attached hydrogens (tertiary/aromatic N) is 1. The normalized spacial score (nSPS) is 17.3. The van der Waals surface area contributed by atoms with Gasteiger partial charge in [0.1, 0.15) is 0 Å². The summed E-state index contributed by atoms with van der Waals surface area (Å²) < 4.78 is 0. The smallest absolute Gasteiger partial charge is 0.292 e. The fourth-order valence-electron chi connectivity index (χ4n) is 3.52. The molecule has 5 nitrogen and oxygen atoms in total. The van der Waals surface area contributed by atoms with Crippen molar-refractivity contribution in [3.63, 3.8) is 0 Å². The van der Waals surface area contributed by atoms with Gasteiger partial charge in [-0.1, -0.05) is 29.3 Å². The first-order valence-electron chi connectivity index (χ1n) is 8.74. The van der Waals surface area contributed by atoms with Crippen LogP contribution in [-0.2, 0) is 16.0 Å². The summed E-state index contributed by atoms with van der Waals surface area (Å²) in [4.78, 5) is 29.5.